The number of nitrogens with zero attached hydrogens (tertiary/aromatic N) is 2. The quantitative estimate of drug-likeness (QED) is 0.710. The topological polar surface area (TPSA) is 51.0 Å². The fourth-order valence-corrected chi connectivity index (χ4v) is 2.14. The van der Waals surface area contributed by atoms with Crippen LogP contribution in [0.1, 0.15) is 11.5 Å². The number of rotatable bonds is 6. The first-order valence-corrected chi connectivity index (χ1v) is 7.15. The Kier molecular flexibility index (Phi) is 4.56. The SMILES string of the molecule is Fc1ccccc1CCNCc1nnc(-c2ccccc2)o1. The van der Waals surface area contributed by atoms with Crippen molar-refractivity contribution < 1.29 is 8.81 Å². The zero-order chi connectivity index (χ0) is 15.2. The molecule has 0 spiro atoms. The lowest BCUT2D eigenvalue weighted by atomic mass is 10.1. The van der Waals surface area contributed by atoms with Crippen molar-refractivity contribution in [2.75, 3.05) is 6.54 Å². The molecule has 2 aromatic carbocycles. The number of halogens is 1. The third-order valence-corrected chi connectivity index (χ3v) is 3.29. The lowest BCUT2D eigenvalue weighted by molar-refractivity contribution is 0.477. The summed E-state index contributed by atoms with van der Waals surface area (Å²) in [6.45, 7) is 1.11. The molecule has 3 aromatic rings. The molecule has 0 unspecified atom stereocenters. The minimum absolute atomic E-state index is 0.173. The van der Waals surface area contributed by atoms with Gasteiger partial charge in [0.05, 0.1) is 6.54 Å². The minimum Gasteiger partial charge on any atom is -0.419 e. The Balaban J connectivity index is 1.51. The molecule has 0 aliphatic rings. The monoisotopic (exact) mass is 297 g/mol. The van der Waals surface area contributed by atoms with Gasteiger partial charge in [0.1, 0.15) is 5.82 Å². The van der Waals surface area contributed by atoms with E-state index >= 15 is 0 Å². The van der Waals surface area contributed by atoms with E-state index in [1.54, 1.807) is 12.1 Å². The summed E-state index contributed by atoms with van der Waals surface area (Å²) in [5, 5.41) is 11.2. The zero-order valence-corrected chi connectivity index (χ0v) is 12.0. The summed E-state index contributed by atoms with van der Waals surface area (Å²) in [4.78, 5) is 0. The van der Waals surface area contributed by atoms with E-state index in [0.29, 0.717) is 36.9 Å². The Morgan fingerprint density at radius 1 is 0.955 bits per heavy atom. The second-order valence-corrected chi connectivity index (χ2v) is 4.89. The highest BCUT2D eigenvalue weighted by Crippen LogP contribution is 2.16. The van der Waals surface area contributed by atoms with E-state index in [1.165, 1.54) is 6.07 Å². The summed E-state index contributed by atoms with van der Waals surface area (Å²) in [7, 11) is 0. The van der Waals surface area contributed by atoms with Crippen LogP contribution in [0, 0.1) is 5.82 Å². The maximum atomic E-state index is 13.5. The number of nitrogens with one attached hydrogen (secondary N) is 1. The normalized spacial score (nSPS) is 10.8. The van der Waals surface area contributed by atoms with Crippen LogP contribution in [0.5, 0.6) is 0 Å². The standard InChI is InChI=1S/C17H16FN3O/c18-15-9-5-4-6-13(15)10-11-19-12-16-20-21-17(22-16)14-7-2-1-3-8-14/h1-9,19H,10-12H2. The van der Waals surface area contributed by atoms with Gasteiger partial charge in [-0.25, -0.2) is 4.39 Å². The molecule has 5 heteroatoms. The van der Waals surface area contributed by atoms with Gasteiger partial charge in [0.2, 0.25) is 11.8 Å². The summed E-state index contributed by atoms with van der Waals surface area (Å²) in [6, 6.07) is 16.4. The fourth-order valence-electron chi connectivity index (χ4n) is 2.14. The molecule has 0 bridgehead atoms. The van der Waals surface area contributed by atoms with E-state index in [4.69, 9.17) is 4.42 Å². The maximum absolute atomic E-state index is 13.5. The van der Waals surface area contributed by atoms with Crippen LogP contribution in [0.3, 0.4) is 0 Å². The lowest BCUT2D eigenvalue weighted by Crippen LogP contribution is -2.17. The average molecular weight is 297 g/mol. The highest BCUT2D eigenvalue weighted by atomic mass is 19.1. The molecule has 0 saturated heterocycles. The predicted octanol–water partition coefficient (Wildman–Crippen LogP) is 3.21. The predicted molar refractivity (Wildman–Crippen MR) is 81.5 cm³/mol. The van der Waals surface area contributed by atoms with Crippen molar-refractivity contribution in [3.05, 3.63) is 71.9 Å². The number of hydrogen-bond acceptors (Lipinski definition) is 4. The molecule has 22 heavy (non-hydrogen) atoms. The van der Waals surface area contributed by atoms with E-state index in [0.717, 1.165) is 5.56 Å². The van der Waals surface area contributed by atoms with Gasteiger partial charge in [-0.05, 0) is 36.7 Å². The fraction of sp³-hybridized carbons (Fsp3) is 0.176. The number of benzene rings is 2. The van der Waals surface area contributed by atoms with Crippen molar-refractivity contribution in [2.45, 2.75) is 13.0 Å². The van der Waals surface area contributed by atoms with Gasteiger partial charge in [-0.15, -0.1) is 10.2 Å². The molecular formula is C17H16FN3O. The Labute approximate surface area is 128 Å². The summed E-state index contributed by atoms with van der Waals surface area (Å²) in [5.41, 5.74) is 1.60. The van der Waals surface area contributed by atoms with Crippen molar-refractivity contribution in [1.29, 1.82) is 0 Å². The summed E-state index contributed by atoms with van der Waals surface area (Å²) in [6.07, 6.45) is 0.617. The Morgan fingerprint density at radius 2 is 1.73 bits per heavy atom. The second kappa shape index (κ2) is 6.95. The van der Waals surface area contributed by atoms with Gasteiger partial charge in [0.25, 0.3) is 0 Å². The number of aromatic nitrogens is 2. The molecule has 0 atom stereocenters. The van der Waals surface area contributed by atoms with E-state index in [-0.39, 0.29) is 5.82 Å². The minimum atomic E-state index is -0.173. The first kappa shape index (κ1) is 14.4. The smallest absolute Gasteiger partial charge is 0.247 e. The zero-order valence-electron chi connectivity index (χ0n) is 12.0. The van der Waals surface area contributed by atoms with Crippen LogP contribution in [-0.4, -0.2) is 16.7 Å². The molecule has 112 valence electrons. The van der Waals surface area contributed by atoms with Crippen molar-refractivity contribution in [3.8, 4) is 11.5 Å². The number of hydrogen-bond donors (Lipinski definition) is 1. The van der Waals surface area contributed by atoms with Gasteiger partial charge in [0.15, 0.2) is 0 Å². The van der Waals surface area contributed by atoms with Gasteiger partial charge in [-0.2, -0.15) is 0 Å². The Bertz CT molecular complexity index is 728. The summed E-state index contributed by atoms with van der Waals surface area (Å²) >= 11 is 0. The third kappa shape index (κ3) is 3.56. The van der Waals surface area contributed by atoms with E-state index in [1.807, 2.05) is 36.4 Å². The van der Waals surface area contributed by atoms with Crippen molar-refractivity contribution in [2.24, 2.45) is 0 Å². The molecular weight excluding hydrogens is 281 g/mol. The van der Waals surface area contributed by atoms with Gasteiger partial charge in [-0.3, -0.25) is 0 Å². The molecule has 3 rings (SSSR count). The van der Waals surface area contributed by atoms with Crippen LogP contribution in [0.15, 0.2) is 59.0 Å². The molecule has 1 N–H and O–H groups in total. The average Bonchev–Trinajstić information content (AvgIpc) is 3.03. The van der Waals surface area contributed by atoms with Crippen molar-refractivity contribution in [1.82, 2.24) is 15.5 Å². The first-order valence-electron chi connectivity index (χ1n) is 7.15. The maximum Gasteiger partial charge on any atom is 0.247 e. The largest absolute Gasteiger partial charge is 0.419 e. The highest BCUT2D eigenvalue weighted by Gasteiger charge is 2.07. The molecule has 0 saturated carbocycles. The molecule has 0 aliphatic heterocycles. The van der Waals surface area contributed by atoms with E-state index in [9.17, 15) is 4.39 Å². The van der Waals surface area contributed by atoms with Crippen LogP contribution >= 0.6 is 0 Å². The first-order chi connectivity index (χ1) is 10.8. The van der Waals surface area contributed by atoms with Gasteiger partial charge in [0, 0.05) is 5.56 Å². The van der Waals surface area contributed by atoms with Crippen LogP contribution in [-0.2, 0) is 13.0 Å². The molecule has 4 nitrogen and oxygen atoms in total. The van der Waals surface area contributed by atoms with Crippen LogP contribution in [0.2, 0.25) is 0 Å². The van der Waals surface area contributed by atoms with E-state index < -0.39 is 0 Å². The molecule has 1 aromatic heterocycles. The van der Waals surface area contributed by atoms with Gasteiger partial charge >= 0.3 is 0 Å². The molecule has 0 radical (unpaired) electrons. The van der Waals surface area contributed by atoms with Crippen molar-refractivity contribution >= 4 is 0 Å². The molecule has 0 fully saturated rings. The highest BCUT2D eigenvalue weighted by molar-refractivity contribution is 5.51. The molecule has 0 aliphatic carbocycles. The van der Waals surface area contributed by atoms with Crippen LogP contribution in [0.4, 0.5) is 4.39 Å². The third-order valence-electron chi connectivity index (χ3n) is 3.29. The lowest BCUT2D eigenvalue weighted by Gasteiger charge is -2.03. The Morgan fingerprint density at radius 3 is 2.55 bits per heavy atom. The van der Waals surface area contributed by atoms with Gasteiger partial charge < -0.3 is 9.73 Å². The molecule has 0 amide bonds. The van der Waals surface area contributed by atoms with Gasteiger partial charge in [-0.1, -0.05) is 36.4 Å². The second-order valence-electron chi connectivity index (χ2n) is 4.89. The van der Waals surface area contributed by atoms with Crippen LogP contribution < -0.4 is 5.32 Å². The van der Waals surface area contributed by atoms with Crippen LogP contribution in [0.25, 0.3) is 11.5 Å². The summed E-state index contributed by atoms with van der Waals surface area (Å²) in [5.74, 6) is 0.854. The summed E-state index contributed by atoms with van der Waals surface area (Å²) < 4.78 is 19.0. The van der Waals surface area contributed by atoms with E-state index in [2.05, 4.69) is 15.5 Å². The van der Waals surface area contributed by atoms with Crippen molar-refractivity contribution in [3.63, 3.8) is 0 Å². The Hall–Kier alpha value is -2.53. The molecule has 1 heterocycles.